The highest BCUT2D eigenvalue weighted by atomic mass is 35.5. The normalized spacial score (nSPS) is 11.1. The first-order chi connectivity index (χ1) is 9.19. The van der Waals surface area contributed by atoms with Gasteiger partial charge in [0, 0.05) is 16.6 Å². The molecule has 6 heteroatoms. The summed E-state index contributed by atoms with van der Waals surface area (Å²) in [5.74, 6) is 1.60. The largest absolute Gasteiger partial charge is 0.437 e. The number of halogens is 2. The first-order valence-corrected chi connectivity index (χ1v) is 7.42. The molecule has 2 aromatic heterocycles. The summed E-state index contributed by atoms with van der Waals surface area (Å²) >= 11 is 13.5. The number of thiazole rings is 1. The van der Waals surface area contributed by atoms with Crippen molar-refractivity contribution >= 4 is 39.5 Å². The van der Waals surface area contributed by atoms with Gasteiger partial charge in [0.1, 0.15) is 11.4 Å². The molecule has 0 bridgehead atoms. The fraction of sp³-hybridized carbons (Fsp3) is 0.154. The van der Waals surface area contributed by atoms with Gasteiger partial charge in [-0.1, -0.05) is 11.6 Å². The second-order valence-electron chi connectivity index (χ2n) is 4.07. The summed E-state index contributed by atoms with van der Waals surface area (Å²) in [5, 5.41) is 2.69. The van der Waals surface area contributed by atoms with Gasteiger partial charge in [-0.3, -0.25) is 4.40 Å². The topological polar surface area (TPSA) is 26.5 Å². The van der Waals surface area contributed by atoms with E-state index in [1.165, 1.54) is 0 Å². The van der Waals surface area contributed by atoms with Gasteiger partial charge in [0.25, 0.3) is 0 Å². The van der Waals surface area contributed by atoms with Gasteiger partial charge in [0.05, 0.1) is 5.88 Å². The van der Waals surface area contributed by atoms with Crippen LogP contribution in [0.3, 0.4) is 0 Å². The number of ether oxygens (including phenoxy) is 1. The summed E-state index contributed by atoms with van der Waals surface area (Å²) in [6.45, 7) is 1.93. The third-order valence-corrected chi connectivity index (χ3v) is 4.23. The lowest BCUT2D eigenvalue weighted by molar-refractivity contribution is 0.461. The Labute approximate surface area is 124 Å². The lowest BCUT2D eigenvalue weighted by Crippen LogP contribution is -1.91. The van der Waals surface area contributed by atoms with Gasteiger partial charge >= 0.3 is 0 Å². The molecule has 0 N–H and O–H groups in total. The van der Waals surface area contributed by atoms with Crippen molar-refractivity contribution in [2.75, 3.05) is 0 Å². The van der Waals surface area contributed by atoms with Crippen LogP contribution in [0.2, 0.25) is 5.02 Å². The van der Waals surface area contributed by atoms with E-state index < -0.39 is 0 Å². The lowest BCUT2D eigenvalue weighted by Gasteiger charge is -2.06. The number of aromatic nitrogens is 2. The van der Waals surface area contributed by atoms with E-state index in [4.69, 9.17) is 27.9 Å². The van der Waals surface area contributed by atoms with Gasteiger partial charge in [0.2, 0.25) is 5.88 Å². The summed E-state index contributed by atoms with van der Waals surface area (Å²) in [5.41, 5.74) is 1.82. The van der Waals surface area contributed by atoms with Gasteiger partial charge in [-0.05, 0) is 30.7 Å². The number of nitrogens with zero attached hydrogens (tertiary/aromatic N) is 2. The molecule has 19 heavy (non-hydrogen) atoms. The summed E-state index contributed by atoms with van der Waals surface area (Å²) in [6.07, 6.45) is 1.94. The molecule has 0 aliphatic rings. The van der Waals surface area contributed by atoms with Crippen LogP contribution in [0.5, 0.6) is 11.6 Å². The molecule has 0 aliphatic heterocycles. The Morgan fingerprint density at radius 2 is 2.26 bits per heavy atom. The molecular weight excluding hydrogens is 303 g/mol. The number of alkyl halides is 1. The monoisotopic (exact) mass is 312 g/mol. The van der Waals surface area contributed by atoms with Crippen LogP contribution >= 0.6 is 34.5 Å². The zero-order valence-electron chi connectivity index (χ0n) is 10.1. The summed E-state index contributed by atoms with van der Waals surface area (Å²) < 4.78 is 7.75. The molecule has 1 aromatic carbocycles. The van der Waals surface area contributed by atoms with Crippen molar-refractivity contribution in [2.45, 2.75) is 12.8 Å². The molecule has 0 unspecified atom stereocenters. The van der Waals surface area contributed by atoms with E-state index in [0.717, 1.165) is 21.2 Å². The minimum absolute atomic E-state index is 0.347. The maximum Gasteiger partial charge on any atom is 0.243 e. The standard InChI is InChI=1S/C13H10Cl2N2OS/c1-8-6-9(2-3-10(8)15)18-12-11(7-14)17-4-5-19-13(17)16-12/h2-6H,7H2,1H3. The molecule has 0 aliphatic carbocycles. The molecular formula is C13H10Cl2N2OS. The van der Waals surface area contributed by atoms with Crippen LogP contribution in [0.1, 0.15) is 11.3 Å². The average Bonchev–Trinajstić information content (AvgIpc) is 2.94. The van der Waals surface area contributed by atoms with Crippen LogP contribution < -0.4 is 4.74 Å². The van der Waals surface area contributed by atoms with Gasteiger partial charge in [-0.15, -0.1) is 22.9 Å². The van der Waals surface area contributed by atoms with Crippen LogP contribution in [-0.4, -0.2) is 9.38 Å². The van der Waals surface area contributed by atoms with Gasteiger partial charge in [0.15, 0.2) is 4.96 Å². The Kier molecular flexibility index (Phi) is 3.39. The number of hydrogen-bond acceptors (Lipinski definition) is 3. The zero-order valence-corrected chi connectivity index (χ0v) is 12.4. The summed E-state index contributed by atoms with van der Waals surface area (Å²) in [4.78, 5) is 5.30. The van der Waals surface area contributed by atoms with Crippen LogP contribution in [0.15, 0.2) is 29.8 Å². The van der Waals surface area contributed by atoms with E-state index in [0.29, 0.717) is 17.5 Å². The predicted octanol–water partition coefficient (Wildman–Crippen LogP) is 4.89. The molecule has 98 valence electrons. The Morgan fingerprint density at radius 1 is 1.42 bits per heavy atom. The molecule has 0 spiro atoms. The highest BCUT2D eigenvalue weighted by Gasteiger charge is 2.14. The number of benzene rings is 1. The number of imidazole rings is 1. The molecule has 3 nitrogen and oxygen atoms in total. The van der Waals surface area contributed by atoms with Crippen LogP contribution in [-0.2, 0) is 5.88 Å². The lowest BCUT2D eigenvalue weighted by atomic mass is 10.2. The molecule has 0 amide bonds. The van der Waals surface area contributed by atoms with E-state index >= 15 is 0 Å². The molecule has 0 atom stereocenters. The Balaban J connectivity index is 2.00. The van der Waals surface area contributed by atoms with E-state index in [1.807, 2.05) is 41.1 Å². The fourth-order valence-corrected chi connectivity index (χ4v) is 2.89. The molecule has 3 rings (SSSR count). The van der Waals surface area contributed by atoms with Gasteiger partial charge in [-0.25, -0.2) is 0 Å². The van der Waals surface area contributed by atoms with Crippen molar-refractivity contribution in [3.63, 3.8) is 0 Å². The second kappa shape index (κ2) is 5.04. The maximum atomic E-state index is 5.99. The number of aryl methyl sites for hydroxylation is 1. The molecule has 0 radical (unpaired) electrons. The van der Waals surface area contributed by atoms with Crippen molar-refractivity contribution in [3.8, 4) is 11.6 Å². The van der Waals surface area contributed by atoms with Crippen molar-refractivity contribution in [1.82, 2.24) is 9.38 Å². The third kappa shape index (κ3) is 2.31. The first-order valence-electron chi connectivity index (χ1n) is 5.63. The van der Waals surface area contributed by atoms with Crippen LogP contribution in [0.4, 0.5) is 0 Å². The van der Waals surface area contributed by atoms with E-state index in [-0.39, 0.29) is 0 Å². The van der Waals surface area contributed by atoms with E-state index in [1.54, 1.807) is 11.3 Å². The second-order valence-corrected chi connectivity index (χ2v) is 5.61. The van der Waals surface area contributed by atoms with Crippen LogP contribution in [0, 0.1) is 6.92 Å². The quantitative estimate of drug-likeness (QED) is 0.644. The molecule has 0 saturated heterocycles. The smallest absolute Gasteiger partial charge is 0.243 e. The molecule has 0 saturated carbocycles. The number of hydrogen-bond donors (Lipinski definition) is 0. The average molecular weight is 313 g/mol. The molecule has 3 aromatic rings. The maximum absolute atomic E-state index is 5.99. The first kappa shape index (κ1) is 12.8. The summed E-state index contributed by atoms with van der Waals surface area (Å²) in [6, 6.07) is 5.51. The molecule has 2 heterocycles. The predicted molar refractivity (Wildman–Crippen MR) is 78.9 cm³/mol. The highest BCUT2D eigenvalue weighted by Crippen LogP contribution is 2.30. The van der Waals surface area contributed by atoms with E-state index in [9.17, 15) is 0 Å². The van der Waals surface area contributed by atoms with Crippen molar-refractivity contribution in [1.29, 1.82) is 0 Å². The van der Waals surface area contributed by atoms with Crippen LogP contribution in [0.25, 0.3) is 4.96 Å². The van der Waals surface area contributed by atoms with Crippen molar-refractivity contribution in [3.05, 3.63) is 46.1 Å². The van der Waals surface area contributed by atoms with Crippen molar-refractivity contribution < 1.29 is 4.74 Å². The van der Waals surface area contributed by atoms with Gasteiger partial charge in [-0.2, -0.15) is 4.98 Å². The highest BCUT2D eigenvalue weighted by molar-refractivity contribution is 7.15. The molecule has 0 fully saturated rings. The minimum Gasteiger partial charge on any atom is -0.437 e. The number of rotatable bonds is 3. The Hall–Kier alpha value is -1.23. The summed E-state index contributed by atoms with van der Waals surface area (Å²) in [7, 11) is 0. The Bertz CT molecular complexity index is 735. The number of fused-ring (bicyclic) bond motifs is 1. The third-order valence-electron chi connectivity index (χ3n) is 2.79. The minimum atomic E-state index is 0.347. The van der Waals surface area contributed by atoms with E-state index in [2.05, 4.69) is 4.98 Å². The Morgan fingerprint density at radius 3 is 3.00 bits per heavy atom. The SMILES string of the molecule is Cc1cc(Oc2nc3sccn3c2CCl)ccc1Cl. The van der Waals surface area contributed by atoms with Crippen molar-refractivity contribution in [2.24, 2.45) is 0 Å². The fourth-order valence-electron chi connectivity index (χ4n) is 1.81. The van der Waals surface area contributed by atoms with Gasteiger partial charge < -0.3 is 4.74 Å². The zero-order chi connectivity index (χ0) is 13.4.